The van der Waals surface area contributed by atoms with Crippen molar-refractivity contribution in [2.45, 2.75) is 0 Å². The van der Waals surface area contributed by atoms with Crippen LogP contribution >= 0.6 is 0 Å². The maximum Gasteiger partial charge on any atom is 0.262 e. The molecular weight excluding hydrogens is 400 g/mol. The number of hydrogen-bond donors (Lipinski definition) is 2. The number of nitrogens with one attached hydrogen (secondary N) is 2. The number of hydrogen-bond acceptors (Lipinski definition) is 5. The molecule has 1 aromatic heterocycles. The Balaban J connectivity index is 1.33. The third kappa shape index (κ3) is 4.11. The van der Waals surface area contributed by atoms with E-state index >= 15 is 0 Å². The van der Waals surface area contributed by atoms with Gasteiger partial charge < -0.3 is 20.3 Å². The van der Waals surface area contributed by atoms with E-state index in [1.165, 1.54) is 10.8 Å². The quantitative estimate of drug-likeness (QED) is 0.455. The predicted octanol–water partition coefficient (Wildman–Crippen LogP) is 5.33. The molecule has 6 nitrogen and oxygen atoms in total. The summed E-state index contributed by atoms with van der Waals surface area (Å²) in [5, 5.41) is 8.79. The molecule has 0 unspecified atom stereocenters. The van der Waals surface area contributed by atoms with E-state index in [9.17, 15) is 4.79 Å². The van der Waals surface area contributed by atoms with Crippen LogP contribution in [-0.4, -0.2) is 24.0 Å². The zero-order chi connectivity index (χ0) is 21.8. The molecule has 3 aromatic carbocycles. The molecule has 158 valence electrons. The Morgan fingerprint density at radius 3 is 2.75 bits per heavy atom. The van der Waals surface area contributed by atoms with Gasteiger partial charge in [-0.15, -0.1) is 0 Å². The molecule has 0 atom stereocenters. The second-order valence-electron chi connectivity index (χ2n) is 7.39. The van der Waals surface area contributed by atoms with Gasteiger partial charge in [-0.2, -0.15) is 0 Å². The van der Waals surface area contributed by atoms with E-state index in [0.29, 0.717) is 11.4 Å². The van der Waals surface area contributed by atoms with Crippen molar-refractivity contribution in [1.82, 2.24) is 4.98 Å². The van der Waals surface area contributed by atoms with Gasteiger partial charge in [-0.25, -0.2) is 0 Å². The minimum Gasteiger partial charge on any atom is -0.482 e. The molecule has 0 bridgehead atoms. The van der Waals surface area contributed by atoms with Gasteiger partial charge in [0.05, 0.1) is 17.6 Å². The Labute approximate surface area is 186 Å². The largest absolute Gasteiger partial charge is 0.482 e. The first-order valence-corrected chi connectivity index (χ1v) is 10.4. The topological polar surface area (TPSA) is 66.5 Å². The monoisotopic (exact) mass is 422 g/mol. The van der Waals surface area contributed by atoms with Crippen LogP contribution in [0, 0.1) is 0 Å². The average Bonchev–Trinajstić information content (AvgIpc) is 3.07. The van der Waals surface area contributed by atoms with E-state index in [-0.39, 0.29) is 12.5 Å². The number of aromatic nitrogens is 1. The van der Waals surface area contributed by atoms with Crippen molar-refractivity contribution >= 4 is 39.4 Å². The third-order valence-corrected chi connectivity index (χ3v) is 5.25. The van der Waals surface area contributed by atoms with Gasteiger partial charge in [-0.1, -0.05) is 30.3 Å². The van der Waals surface area contributed by atoms with E-state index in [1.807, 2.05) is 24.3 Å². The number of carbonyl (C=O) groups is 1. The van der Waals surface area contributed by atoms with Gasteiger partial charge in [0, 0.05) is 35.7 Å². The normalized spacial score (nSPS) is 12.6. The summed E-state index contributed by atoms with van der Waals surface area (Å²) < 4.78 is 5.45. The highest BCUT2D eigenvalue weighted by Gasteiger charge is 2.16. The Morgan fingerprint density at radius 1 is 1.03 bits per heavy atom. The van der Waals surface area contributed by atoms with Crippen molar-refractivity contribution in [3.8, 4) is 5.75 Å². The molecule has 0 spiro atoms. The highest BCUT2D eigenvalue weighted by molar-refractivity contribution is 6.02. The molecule has 0 saturated heterocycles. The second kappa shape index (κ2) is 8.81. The van der Waals surface area contributed by atoms with E-state index in [4.69, 9.17) is 4.74 Å². The van der Waals surface area contributed by atoms with Crippen molar-refractivity contribution in [3.63, 3.8) is 0 Å². The molecule has 32 heavy (non-hydrogen) atoms. The highest BCUT2D eigenvalue weighted by Crippen LogP contribution is 2.39. The molecule has 1 amide bonds. The molecule has 2 N–H and O–H groups in total. The van der Waals surface area contributed by atoms with Crippen LogP contribution in [0.3, 0.4) is 0 Å². The molecule has 1 aliphatic heterocycles. The minimum atomic E-state index is -0.225. The minimum absolute atomic E-state index is 0.0750. The van der Waals surface area contributed by atoms with Crippen LogP contribution in [0.1, 0.15) is 0 Å². The second-order valence-corrected chi connectivity index (χ2v) is 7.39. The Hall–Kier alpha value is -4.32. The molecule has 5 rings (SSSR count). The smallest absolute Gasteiger partial charge is 0.262 e. The molecule has 2 heterocycles. The maximum atomic E-state index is 12.2. The Kier molecular flexibility index (Phi) is 5.41. The van der Waals surface area contributed by atoms with Crippen LogP contribution in [-0.2, 0) is 4.79 Å². The number of fused-ring (bicyclic) bond motifs is 3. The number of anilines is 4. The number of ether oxygens (including phenoxy) is 1. The zero-order valence-corrected chi connectivity index (χ0v) is 17.4. The van der Waals surface area contributed by atoms with Crippen LogP contribution in [0.25, 0.3) is 10.8 Å². The molecule has 0 saturated carbocycles. The number of benzene rings is 3. The van der Waals surface area contributed by atoms with Gasteiger partial charge in [-0.3, -0.25) is 9.78 Å². The van der Waals surface area contributed by atoms with Crippen molar-refractivity contribution < 1.29 is 9.53 Å². The molecular formula is C26H22N4O2. The van der Waals surface area contributed by atoms with Crippen LogP contribution in [0.5, 0.6) is 5.75 Å². The predicted molar refractivity (Wildman–Crippen MR) is 129 cm³/mol. The zero-order valence-electron chi connectivity index (χ0n) is 17.4. The summed E-state index contributed by atoms with van der Waals surface area (Å²) in [6.45, 7) is 0.678. The lowest BCUT2D eigenvalue weighted by atomic mass is 10.1. The first-order chi connectivity index (χ1) is 15.8. The van der Waals surface area contributed by atoms with Gasteiger partial charge in [-0.05, 0) is 53.9 Å². The summed E-state index contributed by atoms with van der Waals surface area (Å²) >= 11 is 0. The highest BCUT2D eigenvalue weighted by atomic mass is 16.5. The summed E-state index contributed by atoms with van der Waals surface area (Å²) in [4.78, 5) is 18.3. The van der Waals surface area contributed by atoms with Gasteiger partial charge in [0.15, 0.2) is 6.61 Å². The summed E-state index contributed by atoms with van der Waals surface area (Å²) in [7, 11) is 0. The third-order valence-electron chi connectivity index (χ3n) is 5.25. The summed E-state index contributed by atoms with van der Waals surface area (Å²) in [6, 6.07) is 23.9. The van der Waals surface area contributed by atoms with E-state index in [1.54, 1.807) is 24.5 Å². The lowest BCUT2D eigenvalue weighted by Crippen LogP contribution is -2.20. The molecule has 0 aliphatic carbocycles. The van der Waals surface area contributed by atoms with Crippen molar-refractivity contribution in [2.24, 2.45) is 0 Å². The van der Waals surface area contributed by atoms with Gasteiger partial charge in [0.1, 0.15) is 5.75 Å². The molecule has 1 aliphatic rings. The maximum absolute atomic E-state index is 12.2. The van der Waals surface area contributed by atoms with Crippen LogP contribution in [0.4, 0.5) is 22.7 Å². The first-order valence-electron chi connectivity index (χ1n) is 10.4. The van der Waals surface area contributed by atoms with Crippen LogP contribution in [0.15, 0.2) is 97.5 Å². The van der Waals surface area contributed by atoms with Gasteiger partial charge in [0.25, 0.3) is 5.91 Å². The van der Waals surface area contributed by atoms with Gasteiger partial charge in [0.2, 0.25) is 0 Å². The van der Waals surface area contributed by atoms with E-state index in [0.717, 1.165) is 23.6 Å². The first kappa shape index (κ1) is 19.6. The fraction of sp³-hybridized carbons (Fsp3) is 0.0769. The Morgan fingerprint density at radius 2 is 1.91 bits per heavy atom. The van der Waals surface area contributed by atoms with E-state index in [2.05, 4.69) is 69.2 Å². The number of pyridine rings is 1. The average molecular weight is 422 g/mol. The summed E-state index contributed by atoms with van der Waals surface area (Å²) in [5.41, 5.74) is 3.91. The van der Waals surface area contributed by atoms with Crippen molar-refractivity contribution in [1.29, 1.82) is 0 Å². The standard InChI is InChI=1S/C26H22N4O2/c31-25(18-32-22-6-3-14-27-17-22)29-20-9-11-21(12-10-20)30-16-4-15-28-26-23-7-2-1-5-19(23)8-13-24(26)30/h1-14,16-17,28H,15,18H2,(H,29,31). The molecule has 6 heteroatoms. The summed E-state index contributed by atoms with van der Waals surface area (Å²) in [6.07, 6.45) is 7.40. The number of amides is 1. The van der Waals surface area contributed by atoms with Crippen molar-refractivity contribution in [3.05, 3.63) is 97.5 Å². The summed E-state index contributed by atoms with van der Waals surface area (Å²) in [5.74, 6) is 0.336. The molecule has 4 aromatic rings. The number of nitrogens with zero attached hydrogens (tertiary/aromatic N) is 2. The lowest BCUT2D eigenvalue weighted by molar-refractivity contribution is -0.118. The fourth-order valence-electron chi connectivity index (χ4n) is 3.75. The SMILES string of the molecule is O=C(COc1cccnc1)Nc1ccc(N2C=CCNc3c2ccc2ccccc32)cc1. The molecule has 0 radical (unpaired) electrons. The Bertz CT molecular complexity index is 1270. The van der Waals surface area contributed by atoms with Crippen molar-refractivity contribution in [2.75, 3.05) is 28.7 Å². The lowest BCUT2D eigenvalue weighted by Gasteiger charge is -2.23. The van der Waals surface area contributed by atoms with Gasteiger partial charge >= 0.3 is 0 Å². The number of carbonyl (C=O) groups excluding carboxylic acids is 1. The fourth-order valence-corrected chi connectivity index (χ4v) is 3.75. The number of rotatable bonds is 5. The van der Waals surface area contributed by atoms with Crippen LogP contribution < -0.4 is 20.3 Å². The van der Waals surface area contributed by atoms with E-state index < -0.39 is 0 Å². The van der Waals surface area contributed by atoms with Crippen LogP contribution in [0.2, 0.25) is 0 Å². The molecule has 0 fully saturated rings.